The van der Waals surface area contributed by atoms with Crippen LogP contribution < -0.4 is 14.2 Å². The highest BCUT2D eigenvalue weighted by Gasteiger charge is 2.36. The average Bonchev–Trinajstić information content (AvgIpc) is 3.04. The van der Waals surface area contributed by atoms with Crippen LogP contribution in [0.5, 0.6) is 17.2 Å². The Bertz CT molecular complexity index is 976. The van der Waals surface area contributed by atoms with E-state index in [1.165, 1.54) is 0 Å². The molecule has 144 valence electrons. The van der Waals surface area contributed by atoms with Crippen molar-refractivity contribution in [3.05, 3.63) is 64.9 Å². The molecule has 0 aromatic heterocycles. The first-order valence-corrected chi connectivity index (χ1v) is 9.28. The van der Waals surface area contributed by atoms with E-state index in [0.717, 1.165) is 36.2 Å². The van der Waals surface area contributed by atoms with Crippen LogP contribution in [0.2, 0.25) is 0 Å². The second-order valence-electron chi connectivity index (χ2n) is 6.95. The molecule has 5 heteroatoms. The molecule has 4 rings (SSSR count). The number of hydrogen-bond acceptors (Lipinski definition) is 5. The summed E-state index contributed by atoms with van der Waals surface area (Å²) in [6, 6.07) is 11.4. The zero-order valence-corrected chi connectivity index (χ0v) is 16.3. The smallest absolute Gasteiger partial charge is 0.235 e. The fraction of sp³-hybridized carbons (Fsp3) is 0.261. The highest BCUT2D eigenvalue weighted by molar-refractivity contribution is 6.17. The van der Waals surface area contributed by atoms with Gasteiger partial charge in [-0.3, -0.25) is 4.79 Å². The molecule has 2 aliphatic rings. The molecule has 0 bridgehead atoms. The van der Waals surface area contributed by atoms with Crippen LogP contribution in [0.15, 0.2) is 48.2 Å². The Morgan fingerprint density at radius 1 is 1.07 bits per heavy atom. The number of rotatable bonds is 4. The van der Waals surface area contributed by atoms with E-state index in [1.807, 2.05) is 30.3 Å². The van der Waals surface area contributed by atoms with Gasteiger partial charge in [-0.1, -0.05) is 36.4 Å². The number of likely N-dealkylation sites (N-methyl/N-ethyl adjacent to an activating group) is 1. The molecule has 0 saturated heterocycles. The first-order chi connectivity index (χ1) is 13.6. The van der Waals surface area contributed by atoms with Crippen molar-refractivity contribution in [2.24, 2.45) is 0 Å². The summed E-state index contributed by atoms with van der Waals surface area (Å²) in [5.41, 5.74) is 3.34. The van der Waals surface area contributed by atoms with Gasteiger partial charge in [-0.05, 0) is 30.7 Å². The maximum absolute atomic E-state index is 13.1. The molecular formula is C23H23NO4. The van der Waals surface area contributed by atoms with Gasteiger partial charge in [0.25, 0.3) is 0 Å². The highest BCUT2D eigenvalue weighted by Crippen LogP contribution is 2.49. The van der Waals surface area contributed by atoms with E-state index in [9.17, 15) is 4.79 Å². The van der Waals surface area contributed by atoms with E-state index in [-0.39, 0.29) is 5.78 Å². The number of carbonyl (C=O) groups excluding carboxylic acids is 1. The monoisotopic (exact) mass is 377 g/mol. The summed E-state index contributed by atoms with van der Waals surface area (Å²) >= 11 is 0. The van der Waals surface area contributed by atoms with Gasteiger partial charge in [0.1, 0.15) is 17.1 Å². The number of methoxy groups -OCH3 is 2. The minimum Gasteiger partial charge on any atom is -0.496 e. The SMILES string of the molecule is COc1cc(OC)c(C2=CCN(C)CC2)c2c1C(=O)/C(=C/c1ccccc1)O2. The number of ether oxygens (including phenoxy) is 3. The third kappa shape index (κ3) is 3.18. The molecule has 0 fully saturated rings. The number of benzene rings is 2. The van der Waals surface area contributed by atoms with Gasteiger partial charge < -0.3 is 19.1 Å². The van der Waals surface area contributed by atoms with Gasteiger partial charge in [-0.15, -0.1) is 0 Å². The van der Waals surface area contributed by atoms with Gasteiger partial charge in [-0.2, -0.15) is 0 Å². The predicted octanol–water partition coefficient (Wildman–Crippen LogP) is 4.04. The molecule has 2 heterocycles. The fourth-order valence-corrected chi connectivity index (χ4v) is 3.63. The van der Waals surface area contributed by atoms with Gasteiger partial charge in [0.2, 0.25) is 5.78 Å². The average molecular weight is 377 g/mol. The van der Waals surface area contributed by atoms with Crippen molar-refractivity contribution in [1.29, 1.82) is 0 Å². The Labute approximate surface area is 164 Å². The van der Waals surface area contributed by atoms with Gasteiger partial charge in [-0.25, -0.2) is 0 Å². The Hall–Kier alpha value is -3.05. The molecule has 0 unspecified atom stereocenters. The Morgan fingerprint density at radius 3 is 2.43 bits per heavy atom. The van der Waals surface area contributed by atoms with Crippen LogP contribution in [0.3, 0.4) is 0 Å². The first kappa shape index (κ1) is 18.3. The maximum Gasteiger partial charge on any atom is 0.235 e. The normalized spacial score (nSPS) is 17.9. The molecular weight excluding hydrogens is 354 g/mol. The van der Waals surface area contributed by atoms with Gasteiger partial charge in [0.15, 0.2) is 11.5 Å². The molecule has 0 radical (unpaired) electrons. The summed E-state index contributed by atoms with van der Waals surface area (Å²) in [5, 5.41) is 0. The highest BCUT2D eigenvalue weighted by atomic mass is 16.5. The lowest BCUT2D eigenvalue weighted by atomic mass is 9.94. The quantitative estimate of drug-likeness (QED) is 0.753. The fourth-order valence-electron chi connectivity index (χ4n) is 3.63. The van der Waals surface area contributed by atoms with Gasteiger partial charge in [0, 0.05) is 19.2 Å². The first-order valence-electron chi connectivity index (χ1n) is 9.28. The molecule has 5 nitrogen and oxygen atoms in total. The Balaban J connectivity index is 1.86. The molecule has 0 spiro atoms. The molecule has 0 atom stereocenters. The molecule has 2 aromatic carbocycles. The molecule has 0 aliphatic carbocycles. The van der Waals surface area contributed by atoms with E-state index in [4.69, 9.17) is 14.2 Å². The molecule has 0 N–H and O–H groups in total. The number of Topliss-reactive ketones (excluding diaryl/α,β-unsaturated/α-hetero) is 1. The van der Waals surface area contributed by atoms with Crippen LogP contribution in [-0.4, -0.2) is 45.0 Å². The van der Waals surface area contributed by atoms with Crippen molar-refractivity contribution >= 4 is 17.4 Å². The van der Waals surface area contributed by atoms with Crippen LogP contribution >= 0.6 is 0 Å². The number of allylic oxidation sites excluding steroid dienone is 1. The molecule has 0 amide bonds. The zero-order valence-electron chi connectivity index (χ0n) is 16.3. The summed E-state index contributed by atoms with van der Waals surface area (Å²) in [5.74, 6) is 1.76. The molecule has 2 aromatic rings. The third-order valence-corrected chi connectivity index (χ3v) is 5.14. The third-order valence-electron chi connectivity index (χ3n) is 5.14. The number of nitrogens with zero attached hydrogens (tertiary/aromatic N) is 1. The zero-order chi connectivity index (χ0) is 19.7. The maximum atomic E-state index is 13.1. The van der Waals surface area contributed by atoms with Crippen molar-refractivity contribution in [1.82, 2.24) is 4.90 Å². The minimum absolute atomic E-state index is 0.173. The van der Waals surface area contributed by atoms with Gasteiger partial charge in [0.05, 0.1) is 19.8 Å². The van der Waals surface area contributed by atoms with E-state index in [1.54, 1.807) is 26.4 Å². The predicted molar refractivity (Wildman–Crippen MR) is 109 cm³/mol. The van der Waals surface area contributed by atoms with Crippen molar-refractivity contribution in [3.8, 4) is 17.2 Å². The van der Waals surface area contributed by atoms with Crippen LogP contribution in [0.25, 0.3) is 11.6 Å². The summed E-state index contributed by atoms with van der Waals surface area (Å²) in [4.78, 5) is 15.4. The number of hydrogen-bond donors (Lipinski definition) is 0. The lowest BCUT2D eigenvalue weighted by Crippen LogP contribution is -2.23. The lowest BCUT2D eigenvalue weighted by Gasteiger charge is -2.24. The van der Waals surface area contributed by atoms with Crippen molar-refractivity contribution < 1.29 is 19.0 Å². The van der Waals surface area contributed by atoms with Crippen LogP contribution in [0.4, 0.5) is 0 Å². The summed E-state index contributed by atoms with van der Waals surface area (Å²) in [6.07, 6.45) is 4.79. The van der Waals surface area contributed by atoms with Crippen molar-refractivity contribution in [2.45, 2.75) is 6.42 Å². The van der Waals surface area contributed by atoms with Crippen LogP contribution in [-0.2, 0) is 0 Å². The molecule has 28 heavy (non-hydrogen) atoms. The van der Waals surface area contributed by atoms with E-state index < -0.39 is 0 Å². The topological polar surface area (TPSA) is 48.0 Å². The van der Waals surface area contributed by atoms with E-state index >= 15 is 0 Å². The lowest BCUT2D eigenvalue weighted by molar-refractivity contribution is 0.101. The Kier molecular flexibility index (Phi) is 4.92. The van der Waals surface area contributed by atoms with Crippen molar-refractivity contribution in [3.63, 3.8) is 0 Å². The second-order valence-corrected chi connectivity index (χ2v) is 6.95. The largest absolute Gasteiger partial charge is 0.496 e. The van der Waals surface area contributed by atoms with Crippen molar-refractivity contribution in [2.75, 3.05) is 34.4 Å². The summed E-state index contributed by atoms with van der Waals surface area (Å²) < 4.78 is 17.2. The second kappa shape index (κ2) is 7.52. The summed E-state index contributed by atoms with van der Waals surface area (Å²) in [7, 11) is 5.26. The van der Waals surface area contributed by atoms with E-state index in [0.29, 0.717) is 28.6 Å². The number of fused-ring (bicyclic) bond motifs is 1. The molecule has 0 saturated carbocycles. The number of ketones is 1. The van der Waals surface area contributed by atoms with Crippen LogP contribution in [0.1, 0.15) is 27.9 Å². The Morgan fingerprint density at radius 2 is 1.79 bits per heavy atom. The van der Waals surface area contributed by atoms with Crippen LogP contribution in [0, 0.1) is 0 Å². The number of carbonyl (C=O) groups is 1. The minimum atomic E-state index is -0.173. The standard InChI is InChI=1S/C23H23NO4/c1-24-11-9-16(10-12-24)20-17(26-2)14-18(27-3)21-22(25)19(28-23(20)21)13-15-7-5-4-6-8-15/h4-9,13-14H,10-12H2,1-3H3/b19-13-. The van der Waals surface area contributed by atoms with Gasteiger partial charge >= 0.3 is 0 Å². The molecule has 2 aliphatic heterocycles. The summed E-state index contributed by atoms with van der Waals surface area (Å²) in [6.45, 7) is 1.79. The van der Waals surface area contributed by atoms with E-state index in [2.05, 4.69) is 18.0 Å².